The average molecular weight is 328 g/mol. The maximum Gasteiger partial charge on any atom is 0.345 e. The highest BCUT2D eigenvalue weighted by molar-refractivity contribution is 6.33. The van der Waals surface area contributed by atoms with Gasteiger partial charge in [-0.05, 0) is 17.5 Å². The van der Waals surface area contributed by atoms with E-state index >= 15 is 0 Å². The highest BCUT2D eigenvalue weighted by atomic mass is 35.5. The van der Waals surface area contributed by atoms with E-state index in [2.05, 4.69) is 0 Å². The molecular formula is C17H10ClNO4. The van der Waals surface area contributed by atoms with Gasteiger partial charge in [-0.1, -0.05) is 48.0 Å². The topological polar surface area (TPSA) is 69.4 Å². The summed E-state index contributed by atoms with van der Waals surface area (Å²) < 4.78 is 5.40. The molecule has 23 heavy (non-hydrogen) atoms. The van der Waals surface area contributed by atoms with Gasteiger partial charge in [0.15, 0.2) is 0 Å². The zero-order chi connectivity index (χ0) is 16.4. The molecule has 0 spiro atoms. The number of halogens is 1. The Morgan fingerprint density at radius 3 is 2.52 bits per heavy atom. The smallest absolute Gasteiger partial charge is 0.345 e. The molecule has 0 saturated heterocycles. The van der Waals surface area contributed by atoms with Crippen molar-refractivity contribution >= 4 is 34.0 Å². The SMILES string of the molecule is O=C(Oc1cccc2ccccc12)c1ccc([N+](=O)[O-])cc1Cl. The lowest BCUT2D eigenvalue weighted by Gasteiger charge is -2.08. The largest absolute Gasteiger partial charge is 0.422 e. The van der Waals surface area contributed by atoms with Crippen molar-refractivity contribution in [2.24, 2.45) is 0 Å². The Kier molecular flexibility index (Phi) is 3.95. The summed E-state index contributed by atoms with van der Waals surface area (Å²) in [4.78, 5) is 22.4. The van der Waals surface area contributed by atoms with Crippen LogP contribution < -0.4 is 4.74 Å². The fourth-order valence-corrected chi connectivity index (χ4v) is 2.47. The Labute approximate surface area is 136 Å². The van der Waals surface area contributed by atoms with Crippen LogP contribution in [0.3, 0.4) is 0 Å². The van der Waals surface area contributed by atoms with E-state index < -0.39 is 10.9 Å². The van der Waals surface area contributed by atoms with Crippen molar-refractivity contribution in [3.8, 4) is 5.75 Å². The second-order valence-electron chi connectivity index (χ2n) is 4.79. The number of ether oxygens (including phenoxy) is 1. The van der Waals surface area contributed by atoms with E-state index in [1.165, 1.54) is 12.1 Å². The number of fused-ring (bicyclic) bond motifs is 1. The number of esters is 1. The van der Waals surface area contributed by atoms with Crippen LogP contribution in [0.4, 0.5) is 5.69 Å². The summed E-state index contributed by atoms with van der Waals surface area (Å²) in [6, 6.07) is 16.5. The number of carbonyl (C=O) groups excluding carboxylic acids is 1. The molecule has 0 atom stereocenters. The summed E-state index contributed by atoms with van der Waals surface area (Å²) in [7, 11) is 0. The van der Waals surface area contributed by atoms with Gasteiger partial charge in [0.25, 0.3) is 5.69 Å². The summed E-state index contributed by atoms with van der Waals surface area (Å²) in [5, 5.41) is 12.4. The van der Waals surface area contributed by atoms with Crippen molar-refractivity contribution in [3.63, 3.8) is 0 Å². The fourth-order valence-electron chi connectivity index (χ4n) is 2.22. The Hall–Kier alpha value is -2.92. The number of non-ortho nitro benzene ring substituents is 1. The van der Waals surface area contributed by atoms with Crippen molar-refractivity contribution in [1.29, 1.82) is 0 Å². The molecule has 0 aliphatic carbocycles. The molecule has 6 heteroatoms. The molecule has 0 N–H and O–H groups in total. The lowest BCUT2D eigenvalue weighted by molar-refractivity contribution is -0.384. The van der Waals surface area contributed by atoms with Gasteiger partial charge in [-0.3, -0.25) is 10.1 Å². The molecule has 0 unspecified atom stereocenters. The molecule has 0 heterocycles. The van der Waals surface area contributed by atoms with Crippen LogP contribution in [0.5, 0.6) is 5.75 Å². The van der Waals surface area contributed by atoms with Crippen LogP contribution in [0.2, 0.25) is 5.02 Å². The number of carbonyl (C=O) groups is 1. The molecule has 0 radical (unpaired) electrons. The first-order valence-corrected chi connectivity index (χ1v) is 7.08. The summed E-state index contributed by atoms with van der Waals surface area (Å²) in [6.45, 7) is 0. The molecule has 0 bridgehead atoms. The van der Waals surface area contributed by atoms with Gasteiger partial charge in [-0.25, -0.2) is 4.79 Å². The average Bonchev–Trinajstić information content (AvgIpc) is 2.55. The second kappa shape index (κ2) is 6.06. The quantitative estimate of drug-likeness (QED) is 0.304. The van der Waals surface area contributed by atoms with Crippen molar-refractivity contribution in [2.75, 3.05) is 0 Å². The predicted molar refractivity (Wildman–Crippen MR) is 87.0 cm³/mol. The van der Waals surface area contributed by atoms with E-state index in [4.69, 9.17) is 16.3 Å². The number of nitro benzene ring substituents is 1. The van der Waals surface area contributed by atoms with Gasteiger partial charge in [-0.2, -0.15) is 0 Å². The van der Waals surface area contributed by atoms with Crippen molar-refractivity contribution in [3.05, 3.63) is 81.4 Å². The normalized spacial score (nSPS) is 10.5. The van der Waals surface area contributed by atoms with E-state index in [9.17, 15) is 14.9 Å². The molecule has 0 aliphatic heterocycles. The first-order valence-electron chi connectivity index (χ1n) is 6.70. The van der Waals surface area contributed by atoms with Gasteiger partial charge in [0, 0.05) is 17.5 Å². The highest BCUT2D eigenvalue weighted by Crippen LogP contribution is 2.28. The highest BCUT2D eigenvalue weighted by Gasteiger charge is 2.17. The molecule has 0 aliphatic rings. The number of benzene rings is 3. The van der Waals surface area contributed by atoms with Gasteiger partial charge in [0.05, 0.1) is 15.5 Å². The van der Waals surface area contributed by atoms with E-state index in [1.807, 2.05) is 30.3 Å². The van der Waals surface area contributed by atoms with E-state index in [-0.39, 0.29) is 16.3 Å². The molecule has 0 aromatic heterocycles. The van der Waals surface area contributed by atoms with Crippen LogP contribution >= 0.6 is 11.6 Å². The van der Waals surface area contributed by atoms with Crippen molar-refractivity contribution in [1.82, 2.24) is 0 Å². The van der Waals surface area contributed by atoms with Crippen LogP contribution in [0.15, 0.2) is 60.7 Å². The third-order valence-corrected chi connectivity index (χ3v) is 3.65. The second-order valence-corrected chi connectivity index (χ2v) is 5.20. The maximum absolute atomic E-state index is 12.3. The minimum atomic E-state index is -0.666. The number of nitrogens with zero attached hydrogens (tertiary/aromatic N) is 1. The van der Waals surface area contributed by atoms with Crippen molar-refractivity contribution < 1.29 is 14.5 Å². The third-order valence-electron chi connectivity index (χ3n) is 3.34. The molecule has 0 fully saturated rings. The van der Waals surface area contributed by atoms with Crippen LogP contribution in [0, 0.1) is 10.1 Å². The number of hydrogen-bond acceptors (Lipinski definition) is 4. The number of rotatable bonds is 3. The number of nitro groups is 1. The Morgan fingerprint density at radius 2 is 1.78 bits per heavy atom. The molecular weight excluding hydrogens is 318 g/mol. The monoisotopic (exact) mass is 327 g/mol. The van der Waals surface area contributed by atoms with Crippen LogP contribution in [-0.4, -0.2) is 10.9 Å². The summed E-state index contributed by atoms with van der Waals surface area (Å²) >= 11 is 5.95. The molecule has 5 nitrogen and oxygen atoms in total. The van der Waals surface area contributed by atoms with Crippen LogP contribution in [0.1, 0.15) is 10.4 Å². The first kappa shape index (κ1) is 15.0. The number of hydrogen-bond donors (Lipinski definition) is 0. The maximum atomic E-state index is 12.3. The van der Waals surface area contributed by atoms with Gasteiger partial charge in [-0.15, -0.1) is 0 Å². The summed E-state index contributed by atoms with van der Waals surface area (Å²) in [5.41, 5.74) is -0.109. The van der Waals surface area contributed by atoms with E-state index in [0.29, 0.717) is 5.75 Å². The molecule has 3 aromatic carbocycles. The third kappa shape index (κ3) is 3.00. The minimum Gasteiger partial charge on any atom is -0.422 e. The van der Waals surface area contributed by atoms with Crippen molar-refractivity contribution in [2.45, 2.75) is 0 Å². The zero-order valence-electron chi connectivity index (χ0n) is 11.7. The Morgan fingerprint density at radius 1 is 1.04 bits per heavy atom. The molecule has 3 rings (SSSR count). The van der Waals surface area contributed by atoms with Gasteiger partial charge >= 0.3 is 5.97 Å². The Bertz CT molecular complexity index is 918. The Balaban J connectivity index is 1.94. The van der Waals surface area contributed by atoms with E-state index in [1.54, 1.807) is 12.1 Å². The lowest BCUT2D eigenvalue weighted by atomic mass is 10.1. The van der Waals surface area contributed by atoms with E-state index in [0.717, 1.165) is 16.8 Å². The fraction of sp³-hybridized carbons (Fsp3) is 0. The molecule has 114 valence electrons. The summed E-state index contributed by atoms with van der Waals surface area (Å²) in [6.07, 6.45) is 0. The molecule has 0 amide bonds. The standard InChI is InChI=1S/C17H10ClNO4/c18-15-10-12(19(21)22)8-9-14(15)17(20)23-16-7-3-5-11-4-1-2-6-13(11)16/h1-10H. The van der Waals surface area contributed by atoms with Crippen LogP contribution in [0.25, 0.3) is 10.8 Å². The molecule has 3 aromatic rings. The summed E-state index contributed by atoms with van der Waals surface area (Å²) in [5.74, 6) is -0.260. The van der Waals surface area contributed by atoms with Gasteiger partial charge < -0.3 is 4.74 Å². The lowest BCUT2D eigenvalue weighted by Crippen LogP contribution is -2.09. The zero-order valence-corrected chi connectivity index (χ0v) is 12.5. The minimum absolute atomic E-state index is 0.0237. The van der Waals surface area contributed by atoms with Gasteiger partial charge in [0.1, 0.15) is 5.75 Å². The molecule has 0 saturated carbocycles. The van der Waals surface area contributed by atoms with Gasteiger partial charge in [0.2, 0.25) is 0 Å². The first-order chi connectivity index (χ1) is 11.1. The predicted octanol–water partition coefficient (Wildman–Crippen LogP) is 4.62. The van der Waals surface area contributed by atoms with Crippen LogP contribution in [-0.2, 0) is 0 Å².